The van der Waals surface area contributed by atoms with Crippen LogP contribution in [0.5, 0.6) is 0 Å². The summed E-state index contributed by atoms with van der Waals surface area (Å²) in [5, 5.41) is 0. The van der Waals surface area contributed by atoms with E-state index in [1.165, 1.54) is 36.2 Å². The lowest BCUT2D eigenvalue weighted by molar-refractivity contribution is 0.424. The maximum absolute atomic E-state index is 2.67. The number of para-hydroxylation sites is 2. The van der Waals surface area contributed by atoms with Gasteiger partial charge < -0.3 is 14.3 Å². The molecule has 3 nitrogen and oxygen atoms in total. The summed E-state index contributed by atoms with van der Waals surface area (Å²) in [5.41, 5.74) is 4.24. The Bertz CT molecular complexity index is 811. The van der Waals surface area contributed by atoms with Crippen molar-refractivity contribution in [1.29, 1.82) is 0 Å². The lowest BCUT2D eigenvalue weighted by atomic mass is 9.55. The normalized spacial score (nSPS) is 19.9. The minimum atomic E-state index is 0.0613. The van der Waals surface area contributed by atoms with Gasteiger partial charge in [0, 0.05) is 16.8 Å². The van der Waals surface area contributed by atoms with Crippen molar-refractivity contribution in [3.63, 3.8) is 0 Å². The first-order valence-electron chi connectivity index (χ1n) is 11.9. The van der Waals surface area contributed by atoms with Crippen molar-refractivity contribution >= 4 is 25.3 Å². The molecule has 0 aromatic heterocycles. The summed E-state index contributed by atoms with van der Waals surface area (Å²) in [6, 6.07) is 20.0. The monoisotopic (exact) mass is 403 g/mol. The molecular formula is C25H39B2N3. The lowest BCUT2D eigenvalue weighted by Gasteiger charge is -2.56. The third-order valence-electron chi connectivity index (χ3n) is 6.64. The fourth-order valence-corrected chi connectivity index (χ4v) is 5.26. The summed E-state index contributed by atoms with van der Waals surface area (Å²) in [4.78, 5) is 5.31. The molecule has 0 radical (unpaired) electrons. The maximum atomic E-state index is 2.67. The average Bonchev–Trinajstić information content (AvgIpc) is 2.97. The molecule has 160 valence electrons. The van der Waals surface area contributed by atoms with Gasteiger partial charge in [-0.25, -0.2) is 0 Å². The highest BCUT2D eigenvalue weighted by Gasteiger charge is 2.56. The summed E-state index contributed by atoms with van der Waals surface area (Å²) in [7, 11) is 0. The van der Waals surface area contributed by atoms with Crippen LogP contribution in [0, 0.1) is 0 Å². The summed E-state index contributed by atoms with van der Waals surface area (Å²) >= 11 is 0. The molecule has 2 aromatic rings. The highest BCUT2D eigenvalue weighted by molar-refractivity contribution is 6.77. The first-order chi connectivity index (χ1) is 14.4. The summed E-state index contributed by atoms with van der Waals surface area (Å²) < 4.78 is 2.67. The molecule has 0 aliphatic carbocycles. The summed E-state index contributed by atoms with van der Waals surface area (Å²) in [6.07, 6.45) is 4.04. The van der Waals surface area contributed by atoms with Crippen molar-refractivity contribution in [2.24, 2.45) is 0 Å². The molecule has 2 aliphatic rings. The zero-order chi connectivity index (χ0) is 21.9. The van der Waals surface area contributed by atoms with Crippen molar-refractivity contribution in [3.05, 3.63) is 60.2 Å². The van der Waals surface area contributed by atoms with Crippen LogP contribution in [0.1, 0.15) is 59.4 Å². The molecule has 2 heterocycles. The molecule has 5 heteroatoms. The van der Waals surface area contributed by atoms with Gasteiger partial charge in [-0.05, 0) is 36.7 Å². The third kappa shape index (κ3) is 3.89. The largest absolute Gasteiger partial charge is 0.382 e. The van der Waals surface area contributed by atoms with Gasteiger partial charge >= 0.3 is 14.0 Å². The molecule has 30 heavy (non-hydrogen) atoms. The number of nitrogens with zero attached hydrogens (tertiary/aromatic N) is 3. The Labute approximate surface area is 185 Å². The molecule has 0 bridgehead atoms. The Morgan fingerprint density at radius 2 is 1.40 bits per heavy atom. The van der Waals surface area contributed by atoms with Crippen LogP contribution in [-0.2, 0) is 5.41 Å². The van der Waals surface area contributed by atoms with Gasteiger partial charge in [0.2, 0.25) is 0 Å². The second kappa shape index (κ2) is 9.51. The van der Waals surface area contributed by atoms with E-state index in [1.807, 2.05) is 0 Å². The Morgan fingerprint density at radius 1 is 0.833 bits per heavy atom. The van der Waals surface area contributed by atoms with Gasteiger partial charge in [0.25, 0.3) is 0 Å². The molecule has 0 amide bonds. The highest BCUT2D eigenvalue weighted by atomic mass is 15.4. The predicted molar refractivity (Wildman–Crippen MR) is 135 cm³/mol. The van der Waals surface area contributed by atoms with Gasteiger partial charge in [-0.15, -0.1) is 0 Å². The molecule has 1 fully saturated rings. The van der Waals surface area contributed by atoms with Gasteiger partial charge in [-0.3, -0.25) is 0 Å². The first kappa shape index (κ1) is 22.8. The predicted octanol–water partition coefficient (Wildman–Crippen LogP) is 6.38. The number of hydrogen-bond acceptors (Lipinski definition) is 3. The van der Waals surface area contributed by atoms with Crippen molar-refractivity contribution < 1.29 is 0 Å². The SMILES string of the molecule is CCC.CCCCN1B(C)N(c2ccccc2)C2N(B1C)c1ccccc1C2(C)C. The summed E-state index contributed by atoms with van der Waals surface area (Å²) in [6.45, 7) is 18.0. The maximum Gasteiger partial charge on any atom is 0.331 e. The van der Waals surface area contributed by atoms with E-state index in [9.17, 15) is 0 Å². The van der Waals surface area contributed by atoms with E-state index >= 15 is 0 Å². The topological polar surface area (TPSA) is 9.72 Å². The van der Waals surface area contributed by atoms with Crippen LogP contribution in [-0.4, -0.2) is 31.4 Å². The molecule has 4 rings (SSSR count). The molecule has 1 saturated heterocycles. The minimum absolute atomic E-state index is 0.0613. The Hall–Kier alpha value is -1.87. The van der Waals surface area contributed by atoms with E-state index in [-0.39, 0.29) is 5.41 Å². The molecule has 1 unspecified atom stereocenters. The van der Waals surface area contributed by atoms with Crippen LogP contribution in [0.15, 0.2) is 54.6 Å². The molecule has 0 spiro atoms. The number of anilines is 2. The smallest absolute Gasteiger partial charge is 0.331 e. The van der Waals surface area contributed by atoms with Crippen LogP contribution in [0.4, 0.5) is 11.4 Å². The van der Waals surface area contributed by atoms with Crippen LogP contribution >= 0.6 is 0 Å². The van der Waals surface area contributed by atoms with E-state index in [0.717, 1.165) is 6.54 Å². The van der Waals surface area contributed by atoms with Crippen LogP contribution in [0.3, 0.4) is 0 Å². The van der Waals surface area contributed by atoms with Gasteiger partial charge in [-0.1, -0.05) is 97.5 Å². The Kier molecular flexibility index (Phi) is 7.23. The first-order valence-corrected chi connectivity index (χ1v) is 11.9. The van der Waals surface area contributed by atoms with Gasteiger partial charge in [-0.2, -0.15) is 0 Å². The van der Waals surface area contributed by atoms with E-state index in [1.54, 1.807) is 0 Å². The van der Waals surface area contributed by atoms with Gasteiger partial charge in [0.15, 0.2) is 0 Å². The van der Waals surface area contributed by atoms with E-state index in [0.29, 0.717) is 20.1 Å². The average molecular weight is 403 g/mol. The second-order valence-corrected chi connectivity index (χ2v) is 9.32. The third-order valence-corrected chi connectivity index (χ3v) is 6.64. The number of hydrogen-bond donors (Lipinski definition) is 0. The second-order valence-electron chi connectivity index (χ2n) is 9.32. The number of unbranched alkanes of at least 4 members (excludes halogenated alkanes) is 1. The van der Waals surface area contributed by atoms with Crippen molar-refractivity contribution in [2.45, 2.75) is 79.1 Å². The molecule has 0 N–H and O–H groups in total. The van der Waals surface area contributed by atoms with Gasteiger partial charge in [0.05, 0.1) is 6.17 Å². The van der Waals surface area contributed by atoms with Crippen LogP contribution in [0.2, 0.25) is 13.6 Å². The summed E-state index contributed by atoms with van der Waals surface area (Å²) in [5.74, 6) is 0. The van der Waals surface area contributed by atoms with Crippen LogP contribution < -0.4 is 9.62 Å². The zero-order valence-corrected chi connectivity index (χ0v) is 20.1. The van der Waals surface area contributed by atoms with Crippen molar-refractivity contribution in [1.82, 2.24) is 4.72 Å². The molecule has 2 aliphatic heterocycles. The van der Waals surface area contributed by atoms with Crippen LogP contribution in [0.25, 0.3) is 0 Å². The van der Waals surface area contributed by atoms with E-state index in [2.05, 4.69) is 117 Å². The van der Waals surface area contributed by atoms with Crippen molar-refractivity contribution in [2.75, 3.05) is 16.2 Å². The molecule has 0 saturated carbocycles. The van der Waals surface area contributed by atoms with Gasteiger partial charge in [0.1, 0.15) is 0 Å². The minimum Gasteiger partial charge on any atom is -0.382 e. The lowest BCUT2D eigenvalue weighted by Crippen LogP contribution is -2.76. The standard InChI is InChI=1S/C22H31B2N3.C3H8/c1-6-7-17-25-23(4)26(18-13-9-8-10-14-18)21-22(2,3)19-15-11-12-16-20(19)27(21)24(25)5;1-3-2/h8-16,21H,6-7,17H2,1-5H3;3H2,1-2H3. The number of rotatable bonds is 4. The fraction of sp³-hybridized carbons (Fsp3) is 0.520. The van der Waals surface area contributed by atoms with E-state index in [4.69, 9.17) is 0 Å². The Morgan fingerprint density at radius 3 is 2.03 bits per heavy atom. The quantitative estimate of drug-likeness (QED) is 0.548. The van der Waals surface area contributed by atoms with E-state index < -0.39 is 0 Å². The molecule has 1 atom stereocenters. The number of fused-ring (bicyclic) bond motifs is 3. The van der Waals surface area contributed by atoms with Crippen molar-refractivity contribution in [3.8, 4) is 0 Å². The highest BCUT2D eigenvalue weighted by Crippen LogP contribution is 2.50. The fourth-order valence-electron chi connectivity index (χ4n) is 5.26. The molecule has 2 aromatic carbocycles. The number of benzene rings is 2. The molecular weight excluding hydrogens is 364 g/mol. The Balaban J connectivity index is 0.000000806. The zero-order valence-electron chi connectivity index (χ0n) is 20.1.